The maximum Gasteiger partial charge on any atom is 0.249 e. The highest BCUT2D eigenvalue weighted by molar-refractivity contribution is 6.01. The summed E-state index contributed by atoms with van der Waals surface area (Å²) < 4.78 is 12.2. The molecule has 0 aliphatic heterocycles. The number of ether oxygens (including phenoxy) is 2. The molecule has 9 heteroatoms. The molecule has 0 fully saturated rings. The van der Waals surface area contributed by atoms with Gasteiger partial charge in [0.15, 0.2) is 0 Å². The number of nitrogens with one attached hydrogen (secondary N) is 1. The van der Waals surface area contributed by atoms with E-state index in [-0.39, 0.29) is 18.4 Å². The van der Waals surface area contributed by atoms with Crippen LogP contribution in [-0.2, 0) is 20.9 Å². The molecule has 0 aliphatic carbocycles. The zero-order valence-electron chi connectivity index (χ0n) is 20.3. The van der Waals surface area contributed by atoms with Crippen LogP contribution in [0.1, 0.15) is 18.5 Å². The van der Waals surface area contributed by atoms with E-state index >= 15 is 0 Å². The third-order valence-corrected chi connectivity index (χ3v) is 5.63. The van der Waals surface area contributed by atoms with E-state index in [1.807, 2.05) is 61.5 Å². The van der Waals surface area contributed by atoms with Crippen molar-refractivity contribution in [3.8, 4) is 5.75 Å². The minimum atomic E-state index is -0.914. The van der Waals surface area contributed by atoms with Crippen molar-refractivity contribution in [2.75, 3.05) is 31.8 Å². The van der Waals surface area contributed by atoms with E-state index in [0.717, 1.165) is 5.52 Å². The van der Waals surface area contributed by atoms with Gasteiger partial charge in [0.1, 0.15) is 23.9 Å². The van der Waals surface area contributed by atoms with Gasteiger partial charge in [-0.05, 0) is 48.9 Å². The topological polar surface area (TPSA) is 98.6 Å². The molecule has 186 valence electrons. The summed E-state index contributed by atoms with van der Waals surface area (Å²) in [5, 5.41) is 11.2. The van der Waals surface area contributed by atoms with E-state index in [9.17, 15) is 9.59 Å². The Balaban J connectivity index is 1.75. The molecule has 4 aromatic rings. The van der Waals surface area contributed by atoms with Crippen LogP contribution in [0.25, 0.3) is 11.0 Å². The lowest BCUT2D eigenvalue weighted by molar-refractivity contribution is -0.127. The second-order valence-corrected chi connectivity index (χ2v) is 8.02. The van der Waals surface area contributed by atoms with Crippen LogP contribution in [0, 0.1) is 0 Å². The maximum absolute atomic E-state index is 13.9. The van der Waals surface area contributed by atoms with Crippen LogP contribution in [0.2, 0.25) is 0 Å². The van der Waals surface area contributed by atoms with E-state index < -0.39 is 6.04 Å². The van der Waals surface area contributed by atoms with Gasteiger partial charge in [-0.1, -0.05) is 47.7 Å². The zero-order valence-corrected chi connectivity index (χ0v) is 20.3. The highest BCUT2D eigenvalue weighted by Gasteiger charge is 2.33. The lowest BCUT2D eigenvalue weighted by atomic mass is 10.0. The SMILES string of the molecule is CCOc1ccc(N(C(=O)Cn2nnc3ccccc32)C(C(=O)NCCOC)c2ccccc2)cc1. The molecule has 9 nitrogen and oxygen atoms in total. The molecule has 1 N–H and O–H groups in total. The molecule has 2 amide bonds. The molecule has 1 unspecified atom stereocenters. The number of hydrogen-bond donors (Lipinski definition) is 1. The smallest absolute Gasteiger partial charge is 0.249 e. The van der Waals surface area contributed by atoms with Crippen LogP contribution in [0.15, 0.2) is 78.9 Å². The number of carbonyl (C=O) groups excluding carboxylic acids is 2. The fourth-order valence-electron chi connectivity index (χ4n) is 3.97. The number of fused-ring (bicyclic) bond motifs is 1. The fourth-order valence-corrected chi connectivity index (χ4v) is 3.97. The summed E-state index contributed by atoms with van der Waals surface area (Å²) in [7, 11) is 1.57. The molecular weight excluding hydrogens is 458 g/mol. The van der Waals surface area contributed by atoms with E-state index in [4.69, 9.17) is 9.47 Å². The number of methoxy groups -OCH3 is 1. The number of anilines is 1. The number of para-hydroxylation sites is 1. The summed E-state index contributed by atoms with van der Waals surface area (Å²) in [5.41, 5.74) is 2.66. The Morgan fingerprint density at radius 2 is 1.72 bits per heavy atom. The van der Waals surface area contributed by atoms with Crippen LogP contribution in [0.3, 0.4) is 0 Å². The first-order valence-corrected chi connectivity index (χ1v) is 11.8. The second kappa shape index (κ2) is 11.9. The molecule has 3 aromatic carbocycles. The number of nitrogens with zero attached hydrogens (tertiary/aromatic N) is 4. The molecule has 0 aliphatic rings. The number of aromatic nitrogens is 3. The van der Waals surface area contributed by atoms with Crippen LogP contribution < -0.4 is 15.0 Å². The number of hydrogen-bond acceptors (Lipinski definition) is 6. The molecule has 0 spiro atoms. The van der Waals surface area contributed by atoms with Crippen molar-refractivity contribution in [1.82, 2.24) is 20.3 Å². The third-order valence-electron chi connectivity index (χ3n) is 5.63. The summed E-state index contributed by atoms with van der Waals surface area (Å²) in [4.78, 5) is 28.9. The summed E-state index contributed by atoms with van der Waals surface area (Å²) in [5.74, 6) is 0.0474. The second-order valence-electron chi connectivity index (χ2n) is 8.02. The maximum atomic E-state index is 13.9. The average molecular weight is 488 g/mol. The Labute approximate surface area is 209 Å². The Hall–Kier alpha value is -4.24. The van der Waals surface area contributed by atoms with Gasteiger partial charge < -0.3 is 14.8 Å². The molecule has 0 saturated carbocycles. The summed E-state index contributed by atoms with van der Waals surface area (Å²) >= 11 is 0. The number of amides is 2. The molecular formula is C27H29N5O4. The summed E-state index contributed by atoms with van der Waals surface area (Å²) in [6, 6.07) is 22.9. The van der Waals surface area contributed by atoms with Gasteiger partial charge in [-0.2, -0.15) is 0 Å². The van der Waals surface area contributed by atoms with E-state index in [1.165, 1.54) is 4.90 Å². The van der Waals surface area contributed by atoms with Crippen LogP contribution in [0.4, 0.5) is 5.69 Å². The van der Waals surface area contributed by atoms with Crippen LogP contribution >= 0.6 is 0 Å². The largest absolute Gasteiger partial charge is 0.494 e. The molecule has 0 bridgehead atoms. The van der Waals surface area contributed by atoms with Gasteiger partial charge in [-0.25, -0.2) is 4.68 Å². The van der Waals surface area contributed by atoms with Crippen molar-refractivity contribution < 1.29 is 19.1 Å². The first-order chi connectivity index (χ1) is 17.6. The predicted octanol–water partition coefficient (Wildman–Crippen LogP) is 3.37. The first kappa shape index (κ1) is 24.9. The number of benzene rings is 3. The summed E-state index contributed by atoms with van der Waals surface area (Å²) in [6.45, 7) is 3.01. The van der Waals surface area contributed by atoms with E-state index in [1.54, 1.807) is 36.1 Å². The molecule has 1 heterocycles. The van der Waals surface area contributed by atoms with E-state index in [0.29, 0.717) is 42.3 Å². The van der Waals surface area contributed by atoms with Gasteiger partial charge in [0.05, 0.1) is 18.7 Å². The van der Waals surface area contributed by atoms with Crippen molar-refractivity contribution in [3.63, 3.8) is 0 Å². The van der Waals surface area contributed by atoms with Crippen molar-refractivity contribution in [2.24, 2.45) is 0 Å². The molecule has 36 heavy (non-hydrogen) atoms. The Bertz CT molecular complexity index is 1290. The quantitative estimate of drug-likeness (QED) is 0.326. The van der Waals surface area contributed by atoms with Gasteiger partial charge in [0.2, 0.25) is 11.8 Å². The fraction of sp³-hybridized carbons (Fsp3) is 0.259. The Morgan fingerprint density at radius 1 is 1.00 bits per heavy atom. The molecule has 1 atom stereocenters. The van der Waals surface area contributed by atoms with Crippen molar-refractivity contribution in [1.29, 1.82) is 0 Å². The molecule has 4 rings (SSSR count). The monoisotopic (exact) mass is 487 g/mol. The normalized spacial score (nSPS) is 11.7. The minimum absolute atomic E-state index is 0.0948. The lowest BCUT2D eigenvalue weighted by Gasteiger charge is -2.31. The average Bonchev–Trinajstić information content (AvgIpc) is 3.31. The Morgan fingerprint density at radius 3 is 2.44 bits per heavy atom. The first-order valence-electron chi connectivity index (χ1n) is 11.8. The zero-order chi connectivity index (χ0) is 25.3. The van der Waals surface area contributed by atoms with Gasteiger partial charge in [0, 0.05) is 19.3 Å². The van der Waals surface area contributed by atoms with Crippen molar-refractivity contribution in [3.05, 3.63) is 84.4 Å². The third kappa shape index (κ3) is 5.69. The van der Waals surface area contributed by atoms with Crippen LogP contribution in [-0.4, -0.2) is 53.7 Å². The minimum Gasteiger partial charge on any atom is -0.494 e. The number of rotatable bonds is 11. The standard InChI is InChI=1S/C27H29N5O4/c1-3-36-22-15-13-21(14-16-22)32(25(33)19-31-24-12-8-7-11-23(24)29-30-31)26(20-9-5-4-6-10-20)27(34)28-17-18-35-2/h4-16,26H,3,17-19H2,1-2H3,(H,28,34). The molecule has 1 aromatic heterocycles. The van der Waals surface area contributed by atoms with Crippen molar-refractivity contribution in [2.45, 2.75) is 19.5 Å². The van der Waals surface area contributed by atoms with Gasteiger partial charge in [-0.15, -0.1) is 5.10 Å². The molecule has 0 radical (unpaired) electrons. The lowest BCUT2D eigenvalue weighted by Crippen LogP contribution is -2.46. The Kier molecular flexibility index (Phi) is 8.25. The summed E-state index contributed by atoms with van der Waals surface area (Å²) in [6.07, 6.45) is 0. The van der Waals surface area contributed by atoms with Crippen LogP contribution in [0.5, 0.6) is 5.75 Å². The van der Waals surface area contributed by atoms with Crippen molar-refractivity contribution >= 4 is 28.5 Å². The molecule has 0 saturated heterocycles. The highest BCUT2D eigenvalue weighted by atomic mass is 16.5. The van der Waals surface area contributed by atoms with Gasteiger partial charge >= 0.3 is 0 Å². The van der Waals surface area contributed by atoms with Gasteiger partial charge in [0.25, 0.3) is 0 Å². The highest BCUT2D eigenvalue weighted by Crippen LogP contribution is 2.30. The number of carbonyl (C=O) groups is 2. The van der Waals surface area contributed by atoms with E-state index in [2.05, 4.69) is 15.6 Å². The van der Waals surface area contributed by atoms with Gasteiger partial charge in [-0.3, -0.25) is 14.5 Å². The predicted molar refractivity (Wildman–Crippen MR) is 137 cm³/mol.